The molecule has 0 aliphatic carbocycles. The molecule has 1 aromatic heterocycles. The topological polar surface area (TPSA) is 24.9 Å². The first-order chi connectivity index (χ1) is 6.74. The van der Waals surface area contributed by atoms with E-state index in [9.17, 15) is 0 Å². The minimum absolute atomic E-state index is 0.747. The molecule has 0 unspecified atom stereocenters. The highest BCUT2D eigenvalue weighted by atomic mass is 35.5. The van der Waals surface area contributed by atoms with Crippen LogP contribution in [0.15, 0.2) is 12.1 Å². The van der Waals surface area contributed by atoms with Crippen LogP contribution in [0.25, 0.3) is 10.2 Å². The van der Waals surface area contributed by atoms with E-state index in [-0.39, 0.29) is 0 Å². The van der Waals surface area contributed by atoms with E-state index in [0.717, 1.165) is 26.8 Å². The normalized spacial score (nSPS) is 10.8. The average molecular weight is 227 g/mol. The molecule has 0 saturated carbocycles. The van der Waals surface area contributed by atoms with Crippen LogP contribution in [0.5, 0.6) is 0 Å². The maximum atomic E-state index is 6.13. The number of nitrogens with zero attached hydrogens (tertiary/aromatic N) is 1. The van der Waals surface area contributed by atoms with Gasteiger partial charge >= 0.3 is 0 Å². The quantitative estimate of drug-likeness (QED) is 0.847. The van der Waals surface area contributed by atoms with Crippen LogP contribution in [-0.2, 0) is 6.42 Å². The molecule has 1 aromatic carbocycles. The Labute approximate surface area is 91.9 Å². The lowest BCUT2D eigenvalue weighted by Crippen LogP contribution is -1.84. The first kappa shape index (κ1) is 9.74. The van der Waals surface area contributed by atoms with Gasteiger partial charge in [0.1, 0.15) is 5.52 Å². The van der Waals surface area contributed by atoms with Crippen molar-refractivity contribution in [3.8, 4) is 0 Å². The Morgan fingerprint density at radius 1 is 1.50 bits per heavy atom. The molecular formula is C10H11ClN2S. The molecule has 2 nitrogen and oxygen atoms in total. The van der Waals surface area contributed by atoms with Crippen molar-refractivity contribution < 1.29 is 0 Å². The highest BCUT2D eigenvalue weighted by Crippen LogP contribution is 2.32. The van der Waals surface area contributed by atoms with Crippen molar-refractivity contribution in [2.75, 3.05) is 12.4 Å². The third-order valence-electron chi connectivity index (χ3n) is 2.13. The summed E-state index contributed by atoms with van der Waals surface area (Å²) in [4.78, 5) is 4.38. The average Bonchev–Trinajstić information content (AvgIpc) is 2.61. The number of aryl methyl sites for hydroxylation is 1. The molecule has 0 aliphatic heterocycles. The van der Waals surface area contributed by atoms with Crippen molar-refractivity contribution in [2.24, 2.45) is 0 Å². The Morgan fingerprint density at radius 2 is 2.29 bits per heavy atom. The van der Waals surface area contributed by atoms with Crippen molar-refractivity contribution in [2.45, 2.75) is 13.3 Å². The van der Waals surface area contributed by atoms with Gasteiger partial charge in [-0.15, -0.1) is 0 Å². The van der Waals surface area contributed by atoms with Crippen molar-refractivity contribution in [3.05, 3.63) is 22.7 Å². The van der Waals surface area contributed by atoms with E-state index in [1.54, 1.807) is 11.3 Å². The zero-order valence-electron chi connectivity index (χ0n) is 8.10. The van der Waals surface area contributed by atoms with Gasteiger partial charge in [-0.2, -0.15) is 0 Å². The largest absolute Gasteiger partial charge is 0.365 e. The van der Waals surface area contributed by atoms with Gasteiger partial charge in [0.05, 0.1) is 9.72 Å². The standard InChI is InChI=1S/C10H11ClN2S/c1-3-6-4-7(11)9-8(5-6)14-10(12-2)13-9/h4-5H,3H2,1-2H3,(H,12,13). The molecule has 14 heavy (non-hydrogen) atoms. The first-order valence-electron chi connectivity index (χ1n) is 4.51. The molecule has 0 atom stereocenters. The van der Waals surface area contributed by atoms with E-state index in [1.165, 1.54) is 5.56 Å². The molecule has 2 rings (SSSR count). The van der Waals surface area contributed by atoms with Gasteiger partial charge in [0.2, 0.25) is 0 Å². The Hall–Kier alpha value is -0.800. The molecule has 0 radical (unpaired) electrons. The van der Waals surface area contributed by atoms with Crippen LogP contribution in [0.3, 0.4) is 0 Å². The monoisotopic (exact) mass is 226 g/mol. The fraction of sp³-hybridized carbons (Fsp3) is 0.300. The maximum Gasteiger partial charge on any atom is 0.183 e. The summed E-state index contributed by atoms with van der Waals surface area (Å²) in [6.45, 7) is 2.12. The van der Waals surface area contributed by atoms with Gasteiger partial charge < -0.3 is 5.32 Å². The van der Waals surface area contributed by atoms with Crippen LogP contribution in [0, 0.1) is 0 Å². The van der Waals surface area contributed by atoms with Crippen LogP contribution in [-0.4, -0.2) is 12.0 Å². The van der Waals surface area contributed by atoms with Crippen LogP contribution >= 0.6 is 22.9 Å². The summed E-state index contributed by atoms with van der Waals surface area (Å²) in [5.74, 6) is 0. The molecule has 1 N–H and O–H groups in total. The lowest BCUT2D eigenvalue weighted by molar-refractivity contribution is 1.15. The number of benzene rings is 1. The second-order valence-electron chi connectivity index (χ2n) is 3.05. The minimum Gasteiger partial charge on any atom is -0.365 e. The molecule has 0 aliphatic rings. The predicted molar refractivity (Wildman–Crippen MR) is 63.6 cm³/mol. The smallest absolute Gasteiger partial charge is 0.183 e. The minimum atomic E-state index is 0.747. The number of nitrogens with one attached hydrogen (secondary N) is 1. The molecule has 0 fully saturated rings. The fourth-order valence-electron chi connectivity index (χ4n) is 1.35. The van der Waals surface area contributed by atoms with Gasteiger partial charge in [-0.3, -0.25) is 0 Å². The molecule has 0 amide bonds. The summed E-state index contributed by atoms with van der Waals surface area (Å²) in [6.07, 6.45) is 1.00. The maximum absolute atomic E-state index is 6.13. The number of aromatic nitrogens is 1. The van der Waals surface area contributed by atoms with Crippen LogP contribution in [0.2, 0.25) is 5.02 Å². The Bertz CT molecular complexity index is 464. The van der Waals surface area contributed by atoms with Crippen LogP contribution < -0.4 is 5.32 Å². The van der Waals surface area contributed by atoms with Gasteiger partial charge in [0, 0.05) is 7.05 Å². The van der Waals surface area contributed by atoms with Crippen molar-refractivity contribution in [3.63, 3.8) is 0 Å². The third-order valence-corrected chi connectivity index (χ3v) is 3.44. The van der Waals surface area contributed by atoms with Crippen LogP contribution in [0.1, 0.15) is 12.5 Å². The molecule has 2 aromatic rings. The highest BCUT2D eigenvalue weighted by molar-refractivity contribution is 7.22. The molecule has 4 heteroatoms. The van der Waals surface area contributed by atoms with E-state index < -0.39 is 0 Å². The zero-order valence-corrected chi connectivity index (χ0v) is 9.67. The number of hydrogen-bond donors (Lipinski definition) is 1. The predicted octanol–water partition coefficient (Wildman–Crippen LogP) is 3.55. The lowest BCUT2D eigenvalue weighted by Gasteiger charge is -1.97. The number of hydrogen-bond acceptors (Lipinski definition) is 3. The summed E-state index contributed by atoms with van der Waals surface area (Å²) < 4.78 is 1.15. The number of anilines is 1. The van der Waals surface area contributed by atoms with Gasteiger partial charge in [-0.05, 0) is 24.1 Å². The van der Waals surface area contributed by atoms with E-state index in [1.807, 2.05) is 13.1 Å². The molecule has 74 valence electrons. The van der Waals surface area contributed by atoms with E-state index in [0.29, 0.717) is 0 Å². The second kappa shape index (κ2) is 3.75. The van der Waals surface area contributed by atoms with Gasteiger partial charge in [0.25, 0.3) is 0 Å². The van der Waals surface area contributed by atoms with Crippen molar-refractivity contribution in [1.29, 1.82) is 0 Å². The van der Waals surface area contributed by atoms with E-state index >= 15 is 0 Å². The SMILES string of the molecule is CCc1cc(Cl)c2nc(NC)sc2c1. The summed E-state index contributed by atoms with van der Waals surface area (Å²) in [5, 5.41) is 4.69. The first-order valence-corrected chi connectivity index (χ1v) is 5.70. The Balaban J connectivity index is 2.67. The van der Waals surface area contributed by atoms with Gasteiger partial charge in [-0.25, -0.2) is 4.98 Å². The van der Waals surface area contributed by atoms with Crippen molar-refractivity contribution >= 4 is 38.3 Å². The van der Waals surface area contributed by atoms with Crippen LogP contribution in [0.4, 0.5) is 5.13 Å². The highest BCUT2D eigenvalue weighted by Gasteiger charge is 2.07. The summed E-state index contributed by atoms with van der Waals surface area (Å²) >= 11 is 7.76. The summed E-state index contributed by atoms with van der Waals surface area (Å²) in [5.41, 5.74) is 2.16. The molecular weight excluding hydrogens is 216 g/mol. The number of fused-ring (bicyclic) bond motifs is 1. The molecule has 0 saturated heterocycles. The number of rotatable bonds is 2. The summed E-state index contributed by atoms with van der Waals surface area (Å²) in [7, 11) is 1.87. The lowest BCUT2D eigenvalue weighted by atomic mass is 10.2. The van der Waals surface area contributed by atoms with Crippen molar-refractivity contribution in [1.82, 2.24) is 4.98 Å². The molecule has 0 spiro atoms. The Morgan fingerprint density at radius 3 is 2.93 bits per heavy atom. The van der Waals surface area contributed by atoms with Gasteiger partial charge in [0.15, 0.2) is 5.13 Å². The van der Waals surface area contributed by atoms with E-state index in [4.69, 9.17) is 11.6 Å². The van der Waals surface area contributed by atoms with Gasteiger partial charge in [-0.1, -0.05) is 29.9 Å². The summed E-state index contributed by atoms with van der Waals surface area (Å²) in [6, 6.07) is 4.14. The van der Waals surface area contributed by atoms with E-state index in [2.05, 4.69) is 23.3 Å². The zero-order chi connectivity index (χ0) is 10.1. The Kier molecular flexibility index (Phi) is 2.61. The second-order valence-corrected chi connectivity index (χ2v) is 4.48. The fourth-order valence-corrected chi connectivity index (χ4v) is 2.60. The molecule has 0 bridgehead atoms. The molecule has 1 heterocycles. The number of halogens is 1. The third kappa shape index (κ3) is 1.57. The number of thiazole rings is 1.